The van der Waals surface area contributed by atoms with Crippen molar-refractivity contribution < 1.29 is 9.53 Å². The number of carbonyl (C=O) groups excluding carboxylic acids is 1. The molecule has 7 nitrogen and oxygen atoms in total. The van der Waals surface area contributed by atoms with Crippen LogP contribution in [0.1, 0.15) is 0 Å². The van der Waals surface area contributed by atoms with E-state index in [4.69, 9.17) is 10.3 Å². The van der Waals surface area contributed by atoms with Crippen molar-refractivity contribution in [3.8, 4) is 5.75 Å². The van der Waals surface area contributed by atoms with Crippen molar-refractivity contribution in [2.45, 2.75) is 0 Å². The predicted octanol–water partition coefficient (Wildman–Crippen LogP) is 4.28. The number of azide groups is 1. The van der Waals surface area contributed by atoms with Crippen molar-refractivity contribution in [2.75, 3.05) is 17.7 Å². The Morgan fingerprint density at radius 3 is 2.05 bits per heavy atom. The molecule has 0 aromatic heterocycles. The van der Waals surface area contributed by atoms with E-state index in [1.807, 2.05) is 0 Å². The maximum Gasteiger partial charge on any atom is 0.323 e. The van der Waals surface area contributed by atoms with Crippen LogP contribution in [0.2, 0.25) is 0 Å². The first kappa shape index (κ1) is 14.2. The molecule has 2 aromatic rings. The Morgan fingerprint density at radius 1 is 1.05 bits per heavy atom. The highest BCUT2D eigenvalue weighted by Gasteiger charge is 2.02. The Balaban J connectivity index is 1.95. The molecule has 0 spiro atoms. The molecule has 0 bridgehead atoms. The molecular formula is C14H13N5O2. The second-order valence-electron chi connectivity index (χ2n) is 4.04. The van der Waals surface area contributed by atoms with Gasteiger partial charge < -0.3 is 15.4 Å². The first-order valence-electron chi connectivity index (χ1n) is 6.08. The number of amides is 2. The summed E-state index contributed by atoms with van der Waals surface area (Å²) in [6, 6.07) is 13.2. The molecule has 106 valence electrons. The zero-order chi connectivity index (χ0) is 15.1. The van der Waals surface area contributed by atoms with E-state index in [-0.39, 0.29) is 6.03 Å². The Morgan fingerprint density at radius 2 is 1.57 bits per heavy atom. The third-order valence-corrected chi connectivity index (χ3v) is 2.63. The highest BCUT2D eigenvalue weighted by atomic mass is 16.5. The Labute approximate surface area is 121 Å². The number of benzene rings is 2. The molecule has 2 amide bonds. The van der Waals surface area contributed by atoms with Crippen molar-refractivity contribution in [2.24, 2.45) is 5.11 Å². The molecule has 0 aliphatic rings. The summed E-state index contributed by atoms with van der Waals surface area (Å²) >= 11 is 0. The number of ether oxygens (including phenoxy) is 1. The van der Waals surface area contributed by atoms with Gasteiger partial charge in [0.25, 0.3) is 0 Å². The SMILES string of the molecule is COc1ccc(NC(=O)Nc2ccc(N=[N+]=[N-])cc2)cc1. The van der Waals surface area contributed by atoms with Gasteiger partial charge >= 0.3 is 6.03 Å². The predicted molar refractivity (Wildman–Crippen MR) is 80.9 cm³/mol. The molecule has 21 heavy (non-hydrogen) atoms. The smallest absolute Gasteiger partial charge is 0.323 e. The number of nitrogens with zero attached hydrogens (tertiary/aromatic N) is 3. The molecule has 0 fully saturated rings. The second-order valence-corrected chi connectivity index (χ2v) is 4.04. The normalized spacial score (nSPS) is 9.38. The van der Waals surface area contributed by atoms with Crippen molar-refractivity contribution in [1.29, 1.82) is 0 Å². The van der Waals surface area contributed by atoms with E-state index in [1.165, 1.54) is 0 Å². The van der Waals surface area contributed by atoms with Crippen LogP contribution in [0.5, 0.6) is 5.75 Å². The zero-order valence-corrected chi connectivity index (χ0v) is 11.3. The maximum absolute atomic E-state index is 11.8. The van der Waals surface area contributed by atoms with Crippen LogP contribution in [-0.2, 0) is 0 Å². The molecule has 2 aromatic carbocycles. The van der Waals surface area contributed by atoms with Crippen LogP contribution in [-0.4, -0.2) is 13.1 Å². The molecule has 0 heterocycles. The van der Waals surface area contributed by atoms with Gasteiger partial charge in [0, 0.05) is 22.0 Å². The van der Waals surface area contributed by atoms with Crippen molar-refractivity contribution >= 4 is 23.1 Å². The van der Waals surface area contributed by atoms with Crippen LogP contribution >= 0.6 is 0 Å². The summed E-state index contributed by atoms with van der Waals surface area (Å²) in [5, 5.41) is 8.82. The third-order valence-electron chi connectivity index (χ3n) is 2.63. The van der Waals surface area contributed by atoms with E-state index >= 15 is 0 Å². The molecule has 0 saturated carbocycles. The van der Waals surface area contributed by atoms with Crippen LogP contribution in [0.4, 0.5) is 21.9 Å². The van der Waals surface area contributed by atoms with Gasteiger partial charge in [-0.1, -0.05) is 17.2 Å². The molecule has 0 aliphatic heterocycles. The van der Waals surface area contributed by atoms with Crippen LogP contribution in [0.15, 0.2) is 53.6 Å². The van der Waals surface area contributed by atoms with Crippen LogP contribution in [0.25, 0.3) is 10.4 Å². The molecule has 2 N–H and O–H groups in total. The average molecular weight is 283 g/mol. The molecule has 0 unspecified atom stereocenters. The lowest BCUT2D eigenvalue weighted by Gasteiger charge is -2.08. The highest BCUT2D eigenvalue weighted by Crippen LogP contribution is 2.18. The van der Waals surface area contributed by atoms with Gasteiger partial charge in [0.2, 0.25) is 0 Å². The topological polar surface area (TPSA) is 99.1 Å². The lowest BCUT2D eigenvalue weighted by Crippen LogP contribution is -2.19. The number of urea groups is 1. The van der Waals surface area contributed by atoms with Gasteiger partial charge in [-0.15, -0.1) is 0 Å². The highest BCUT2D eigenvalue weighted by molar-refractivity contribution is 5.99. The fourth-order valence-corrected chi connectivity index (χ4v) is 1.63. The van der Waals surface area contributed by atoms with E-state index in [9.17, 15) is 4.79 Å². The minimum atomic E-state index is -0.364. The van der Waals surface area contributed by atoms with Crippen molar-refractivity contribution in [1.82, 2.24) is 0 Å². The van der Waals surface area contributed by atoms with Crippen molar-refractivity contribution in [3.05, 3.63) is 59.0 Å². The van der Waals surface area contributed by atoms with Gasteiger partial charge in [0.05, 0.1) is 7.11 Å². The van der Waals surface area contributed by atoms with Crippen molar-refractivity contribution in [3.63, 3.8) is 0 Å². The summed E-state index contributed by atoms with van der Waals surface area (Å²) in [6.45, 7) is 0. The fourth-order valence-electron chi connectivity index (χ4n) is 1.63. The zero-order valence-electron chi connectivity index (χ0n) is 11.3. The van der Waals surface area contributed by atoms with E-state index in [1.54, 1.807) is 55.6 Å². The Hall–Kier alpha value is -3.18. The Bertz CT molecular complexity index is 661. The summed E-state index contributed by atoms with van der Waals surface area (Å²) in [5.74, 6) is 0.717. The monoisotopic (exact) mass is 283 g/mol. The molecule has 0 atom stereocenters. The fraction of sp³-hybridized carbons (Fsp3) is 0.0714. The molecule has 2 rings (SSSR count). The molecular weight excluding hydrogens is 270 g/mol. The first-order valence-corrected chi connectivity index (χ1v) is 6.08. The summed E-state index contributed by atoms with van der Waals surface area (Å²) < 4.78 is 5.04. The number of rotatable bonds is 4. The first-order chi connectivity index (χ1) is 10.2. The molecule has 0 aliphatic carbocycles. The van der Waals surface area contributed by atoms with E-state index in [0.717, 1.165) is 5.75 Å². The van der Waals surface area contributed by atoms with E-state index in [0.29, 0.717) is 17.1 Å². The van der Waals surface area contributed by atoms with Gasteiger partial charge in [0.15, 0.2) is 0 Å². The van der Waals surface area contributed by atoms with Crippen LogP contribution in [0, 0.1) is 0 Å². The Kier molecular flexibility index (Phi) is 4.63. The summed E-state index contributed by atoms with van der Waals surface area (Å²) in [7, 11) is 1.58. The quantitative estimate of drug-likeness (QED) is 0.497. The standard InChI is InChI=1S/C14H13N5O2/c1-21-13-8-6-11(7-9-13)17-14(20)16-10-2-4-12(5-3-10)18-19-15/h2-9H,1H3,(H2,16,17,20). The number of nitrogens with one attached hydrogen (secondary N) is 2. The number of hydrogen-bond acceptors (Lipinski definition) is 3. The van der Waals surface area contributed by atoms with Gasteiger partial charge in [-0.25, -0.2) is 4.79 Å². The maximum atomic E-state index is 11.8. The van der Waals surface area contributed by atoms with E-state index in [2.05, 4.69) is 20.7 Å². The van der Waals surface area contributed by atoms with Crippen LogP contribution < -0.4 is 15.4 Å². The van der Waals surface area contributed by atoms with E-state index < -0.39 is 0 Å². The van der Waals surface area contributed by atoms with Gasteiger partial charge in [-0.2, -0.15) is 0 Å². The molecule has 0 radical (unpaired) electrons. The molecule has 0 saturated heterocycles. The minimum Gasteiger partial charge on any atom is -0.497 e. The summed E-state index contributed by atoms with van der Waals surface area (Å²) in [5.41, 5.74) is 10.0. The molecule has 7 heteroatoms. The number of anilines is 2. The lowest BCUT2D eigenvalue weighted by atomic mass is 10.3. The van der Waals surface area contributed by atoms with Crippen LogP contribution in [0.3, 0.4) is 0 Å². The van der Waals surface area contributed by atoms with Gasteiger partial charge in [-0.3, -0.25) is 0 Å². The minimum absolute atomic E-state index is 0.364. The largest absolute Gasteiger partial charge is 0.497 e. The number of methoxy groups -OCH3 is 1. The van der Waals surface area contributed by atoms with Gasteiger partial charge in [0.1, 0.15) is 5.75 Å². The summed E-state index contributed by atoms with van der Waals surface area (Å²) in [4.78, 5) is 14.5. The number of hydrogen-bond donors (Lipinski definition) is 2. The second kappa shape index (κ2) is 6.83. The number of carbonyl (C=O) groups is 1. The summed E-state index contributed by atoms with van der Waals surface area (Å²) in [6.07, 6.45) is 0. The van der Waals surface area contributed by atoms with Gasteiger partial charge in [-0.05, 0) is 41.9 Å². The third kappa shape index (κ3) is 4.15. The lowest BCUT2D eigenvalue weighted by molar-refractivity contribution is 0.262. The average Bonchev–Trinajstić information content (AvgIpc) is 2.50.